The Balaban J connectivity index is 2.90. The molecule has 0 aliphatic carbocycles. The average molecular weight is 216 g/mol. The van der Waals surface area contributed by atoms with Gasteiger partial charge in [0, 0.05) is 6.20 Å². The molecule has 3 heteroatoms. The number of pyridine rings is 1. The number of carbonyl (C=O) groups is 1. The lowest BCUT2D eigenvalue weighted by molar-refractivity contribution is 0.0991. The first kappa shape index (κ1) is 6.98. The van der Waals surface area contributed by atoms with Gasteiger partial charge in [-0.05, 0) is 19.0 Å². The lowest BCUT2D eigenvalue weighted by Gasteiger charge is -1.99. The summed E-state index contributed by atoms with van der Waals surface area (Å²) in [6, 6.07) is 3.42. The fourth-order valence-corrected chi connectivity index (χ4v) is 0.904. The zero-order chi connectivity index (χ0) is 9.14. The van der Waals surface area contributed by atoms with Crippen molar-refractivity contribution in [2.75, 3.05) is 0 Å². The lowest BCUT2D eigenvalue weighted by Crippen LogP contribution is -2.11. The highest BCUT2D eigenvalue weighted by molar-refractivity contribution is 9.10. The van der Waals surface area contributed by atoms with Crippen molar-refractivity contribution in [2.24, 2.45) is 0 Å². The van der Waals surface area contributed by atoms with Crippen LogP contribution in [0.5, 0.6) is 0 Å². The van der Waals surface area contributed by atoms with Crippen LogP contribution in [-0.2, 0) is 0 Å². The van der Waals surface area contributed by atoms with Gasteiger partial charge in [-0.3, -0.25) is 9.78 Å². The van der Waals surface area contributed by atoms with E-state index >= 15 is 0 Å². The molecule has 2 nitrogen and oxygen atoms in total. The van der Waals surface area contributed by atoms with Crippen LogP contribution in [0, 0.1) is 0 Å². The van der Waals surface area contributed by atoms with Crippen LogP contribution in [0.2, 0.25) is 0 Å². The Morgan fingerprint density at radius 1 is 1.91 bits per heavy atom. The van der Waals surface area contributed by atoms with Gasteiger partial charge in [-0.1, -0.05) is 22.0 Å². The minimum Gasteiger partial charge on any atom is -0.291 e. The summed E-state index contributed by atoms with van der Waals surface area (Å²) >= 11 is 3.16. The van der Waals surface area contributed by atoms with Crippen LogP contribution in [0.4, 0.5) is 0 Å². The first-order valence-electron chi connectivity index (χ1n) is 3.72. The second-order valence-corrected chi connectivity index (χ2v) is 3.50. The predicted molar refractivity (Wildman–Crippen MR) is 47.0 cm³/mol. The van der Waals surface area contributed by atoms with E-state index in [2.05, 4.69) is 20.9 Å². The first-order chi connectivity index (χ1) is 5.61. The lowest BCUT2D eigenvalue weighted by atomic mass is 10.2. The molecule has 0 spiro atoms. The molecular weight excluding hydrogens is 206 g/mol. The summed E-state index contributed by atoms with van der Waals surface area (Å²) in [5, 5.41) is 0. The number of nitrogens with zero attached hydrogens (tertiary/aromatic N) is 1. The van der Waals surface area contributed by atoms with Crippen LogP contribution in [0.3, 0.4) is 0 Å². The molecule has 1 aromatic rings. The van der Waals surface area contributed by atoms with Gasteiger partial charge >= 0.3 is 0 Å². The third-order valence-corrected chi connectivity index (χ3v) is 1.65. The molecule has 0 saturated carbocycles. The smallest absolute Gasteiger partial charge is 0.194 e. The molecule has 0 amide bonds. The molecule has 0 aromatic carbocycles. The summed E-state index contributed by atoms with van der Waals surface area (Å²) < 4.78 is 7.15. The molecule has 0 saturated heterocycles. The summed E-state index contributed by atoms with van der Waals surface area (Å²) in [5.74, 6) is -0.0602. The zero-order valence-electron chi connectivity index (χ0n) is 7.04. The molecular formula is C8H8BrNO. The van der Waals surface area contributed by atoms with E-state index in [1.54, 1.807) is 19.1 Å². The van der Waals surface area contributed by atoms with E-state index < -0.39 is 0 Å². The fourth-order valence-electron chi connectivity index (χ4n) is 0.669. The molecule has 1 unspecified atom stereocenters. The molecule has 1 aromatic heterocycles. The van der Waals surface area contributed by atoms with Crippen LogP contribution >= 0.6 is 15.9 Å². The van der Waals surface area contributed by atoms with E-state index in [0.717, 1.165) is 0 Å². The van der Waals surface area contributed by atoms with E-state index in [0.29, 0.717) is 11.7 Å². The number of hydrogen-bond acceptors (Lipinski definition) is 2. The molecule has 0 aliphatic heterocycles. The van der Waals surface area contributed by atoms with E-state index in [4.69, 9.17) is 1.37 Å². The number of halogens is 1. The number of Topliss-reactive ketones (excluding diaryl/α,β-unsaturated/α-hetero) is 1. The van der Waals surface area contributed by atoms with Crippen molar-refractivity contribution >= 4 is 21.7 Å². The number of aromatic nitrogens is 1. The summed E-state index contributed by atoms with van der Waals surface area (Å²) in [7, 11) is 0. The number of ketones is 1. The quantitative estimate of drug-likeness (QED) is 0.559. The van der Waals surface area contributed by atoms with Gasteiger partial charge in [-0.15, -0.1) is 0 Å². The van der Waals surface area contributed by atoms with Gasteiger partial charge in [-0.2, -0.15) is 0 Å². The van der Waals surface area contributed by atoms with Gasteiger partial charge in [-0.25, -0.2) is 0 Å². The Kier molecular flexibility index (Phi) is 2.30. The van der Waals surface area contributed by atoms with Crippen LogP contribution in [0.1, 0.15) is 18.8 Å². The molecule has 1 heterocycles. The molecule has 11 heavy (non-hydrogen) atoms. The minimum absolute atomic E-state index is 0.0602. The molecule has 0 N–H and O–H groups in total. The average Bonchev–Trinajstić information content (AvgIpc) is 2.04. The van der Waals surface area contributed by atoms with Crippen LogP contribution in [-0.4, -0.2) is 15.6 Å². The van der Waals surface area contributed by atoms with Crippen molar-refractivity contribution < 1.29 is 6.17 Å². The van der Waals surface area contributed by atoms with Crippen molar-refractivity contribution in [3.05, 3.63) is 30.1 Å². The largest absolute Gasteiger partial charge is 0.291 e. The van der Waals surface area contributed by atoms with Crippen molar-refractivity contribution in [3.8, 4) is 0 Å². The van der Waals surface area contributed by atoms with Gasteiger partial charge in [0.2, 0.25) is 0 Å². The number of rotatable bonds is 2. The summed E-state index contributed by atoms with van der Waals surface area (Å²) in [6.45, 7) is 1.75. The summed E-state index contributed by atoms with van der Waals surface area (Å²) in [5.41, 5.74) is 0.398. The predicted octanol–water partition coefficient (Wildman–Crippen LogP) is 2.05. The normalized spacial score (nSPS) is 13.8. The van der Waals surface area contributed by atoms with E-state index in [9.17, 15) is 4.79 Å². The zero-order valence-corrected chi connectivity index (χ0v) is 7.63. The first-order valence-corrected chi connectivity index (χ1v) is 4.14. The van der Waals surface area contributed by atoms with E-state index in [-0.39, 0.29) is 10.6 Å². The summed E-state index contributed by atoms with van der Waals surface area (Å²) in [4.78, 5) is 14.9. The second-order valence-electron chi connectivity index (χ2n) is 2.12. The van der Waals surface area contributed by atoms with Gasteiger partial charge in [0.1, 0.15) is 5.69 Å². The highest BCUT2D eigenvalue weighted by Gasteiger charge is 2.11. The Labute approximate surface area is 75.2 Å². The fraction of sp³-hybridized carbons (Fsp3) is 0.250. The van der Waals surface area contributed by atoms with Crippen LogP contribution in [0.25, 0.3) is 0 Å². The van der Waals surface area contributed by atoms with Crippen molar-refractivity contribution in [1.29, 1.82) is 0 Å². The van der Waals surface area contributed by atoms with Gasteiger partial charge < -0.3 is 0 Å². The third kappa shape index (κ3) is 2.12. The number of alkyl halides is 1. The monoisotopic (exact) mass is 215 g/mol. The Hall–Kier alpha value is -0.700. The van der Waals surface area contributed by atoms with Gasteiger partial charge in [0.05, 0.1) is 6.20 Å². The maximum Gasteiger partial charge on any atom is 0.194 e. The molecule has 0 aliphatic rings. The molecule has 0 radical (unpaired) electrons. The van der Waals surface area contributed by atoms with Crippen molar-refractivity contribution in [3.63, 3.8) is 0 Å². The minimum atomic E-state index is -0.221. The third-order valence-electron chi connectivity index (χ3n) is 1.23. The molecule has 58 valence electrons. The Bertz CT molecular complexity index is 284. The standard InChI is InChI=1S/C8H8BrNO/c1-6(9)8(11)7-4-2-3-5-10-7/h2-6H,1H3/i3T. The molecule has 0 bridgehead atoms. The maximum absolute atomic E-state index is 11.3. The van der Waals surface area contributed by atoms with Crippen LogP contribution < -0.4 is 0 Å². The highest BCUT2D eigenvalue weighted by atomic mass is 79.9. The van der Waals surface area contributed by atoms with Gasteiger partial charge in [0.25, 0.3) is 0 Å². The topological polar surface area (TPSA) is 30.0 Å². The number of hydrogen-bond donors (Lipinski definition) is 0. The number of carbonyl (C=O) groups excluding carboxylic acids is 1. The molecule has 0 fully saturated rings. The molecule has 1 atom stereocenters. The molecule has 1 rings (SSSR count). The van der Waals surface area contributed by atoms with Crippen molar-refractivity contribution in [2.45, 2.75) is 11.8 Å². The highest BCUT2D eigenvalue weighted by Crippen LogP contribution is 2.06. The van der Waals surface area contributed by atoms with Crippen LogP contribution in [0.15, 0.2) is 24.4 Å². The Morgan fingerprint density at radius 3 is 3.09 bits per heavy atom. The SMILES string of the molecule is [3H]c1ccc(C(=O)C(C)Br)nc1. The second kappa shape index (κ2) is 3.62. The Morgan fingerprint density at radius 2 is 2.64 bits per heavy atom. The van der Waals surface area contributed by atoms with E-state index in [1.807, 2.05) is 0 Å². The maximum atomic E-state index is 11.3. The van der Waals surface area contributed by atoms with Crippen molar-refractivity contribution in [1.82, 2.24) is 4.98 Å². The van der Waals surface area contributed by atoms with Gasteiger partial charge in [0.15, 0.2) is 5.78 Å². The summed E-state index contributed by atoms with van der Waals surface area (Å²) in [6.07, 6.45) is 1.36. The van der Waals surface area contributed by atoms with E-state index in [1.165, 1.54) is 6.20 Å².